The Morgan fingerprint density at radius 2 is 1.82 bits per heavy atom. The van der Waals surface area contributed by atoms with Gasteiger partial charge in [-0.05, 0) is 67.3 Å². The summed E-state index contributed by atoms with van der Waals surface area (Å²) in [5.41, 5.74) is 4.16. The van der Waals surface area contributed by atoms with Gasteiger partial charge in [-0.25, -0.2) is 0 Å². The van der Waals surface area contributed by atoms with E-state index in [0.717, 1.165) is 39.5 Å². The first-order chi connectivity index (χ1) is 13.4. The average molecular weight is 381 g/mol. The minimum Gasteiger partial charge on any atom is -0.277 e. The molecule has 0 spiro atoms. The third-order valence-electron chi connectivity index (χ3n) is 4.45. The van der Waals surface area contributed by atoms with Crippen LogP contribution in [0, 0.1) is 13.3 Å². The molecule has 0 bridgehead atoms. The first-order valence-electron chi connectivity index (χ1n) is 8.66. The molecule has 28 heavy (non-hydrogen) atoms. The van der Waals surface area contributed by atoms with Gasteiger partial charge < -0.3 is 0 Å². The summed E-state index contributed by atoms with van der Waals surface area (Å²) in [5, 5.41) is 8.39. The number of benzene rings is 1. The van der Waals surface area contributed by atoms with Crippen LogP contribution in [-0.2, 0) is 12.6 Å². The summed E-state index contributed by atoms with van der Waals surface area (Å²) in [7, 11) is 0. The molecule has 1 radical (unpaired) electrons. The third-order valence-corrected chi connectivity index (χ3v) is 4.45. The van der Waals surface area contributed by atoms with Crippen molar-refractivity contribution in [3.8, 4) is 11.3 Å². The van der Waals surface area contributed by atoms with E-state index in [-0.39, 0.29) is 0 Å². The second-order valence-corrected chi connectivity index (χ2v) is 6.52. The topological polar surface area (TPSA) is 54.5 Å². The Kier molecular flexibility index (Phi) is 4.58. The van der Waals surface area contributed by atoms with Gasteiger partial charge in [0.2, 0.25) is 0 Å². The normalized spacial score (nSPS) is 11.9. The molecule has 0 saturated carbocycles. The molecule has 3 aromatic heterocycles. The fourth-order valence-electron chi connectivity index (χ4n) is 3.07. The molecule has 141 valence electrons. The van der Waals surface area contributed by atoms with Crippen LogP contribution in [0.2, 0.25) is 0 Å². The number of aromatic amines is 1. The number of pyridine rings is 2. The summed E-state index contributed by atoms with van der Waals surface area (Å²) in [6.45, 7) is 1.92. The number of fused-ring (bicyclic) bond motifs is 1. The minimum atomic E-state index is -4.45. The number of nitrogens with zero attached hydrogens (tertiary/aromatic N) is 3. The third kappa shape index (κ3) is 3.74. The van der Waals surface area contributed by atoms with Gasteiger partial charge in [-0.15, -0.1) is 0 Å². The number of hydrogen-bond donors (Lipinski definition) is 1. The molecule has 1 aromatic carbocycles. The average Bonchev–Trinajstić information content (AvgIpc) is 3.09. The van der Waals surface area contributed by atoms with E-state index in [2.05, 4.69) is 20.2 Å². The number of H-pyrrole nitrogens is 1. The van der Waals surface area contributed by atoms with Crippen molar-refractivity contribution >= 4 is 10.9 Å². The highest BCUT2D eigenvalue weighted by molar-refractivity contribution is 5.93. The smallest absolute Gasteiger partial charge is 0.277 e. The molecule has 3 heterocycles. The molecular formula is C21H16F3N4. The van der Waals surface area contributed by atoms with Crippen LogP contribution in [0.4, 0.5) is 13.2 Å². The number of halogens is 3. The monoisotopic (exact) mass is 381 g/mol. The minimum absolute atomic E-state index is 0.486. The highest BCUT2D eigenvalue weighted by Crippen LogP contribution is 2.29. The number of aromatic nitrogens is 4. The summed E-state index contributed by atoms with van der Waals surface area (Å²) in [6.07, 6.45) is 0.727. The van der Waals surface area contributed by atoms with E-state index in [1.165, 1.54) is 6.20 Å². The summed E-state index contributed by atoms with van der Waals surface area (Å²) >= 11 is 0. The van der Waals surface area contributed by atoms with Gasteiger partial charge >= 0.3 is 6.18 Å². The summed E-state index contributed by atoms with van der Waals surface area (Å²) in [4.78, 5) is 7.60. The van der Waals surface area contributed by atoms with Gasteiger partial charge in [-0.2, -0.15) is 18.3 Å². The predicted octanol–water partition coefficient (Wildman–Crippen LogP) is 5.14. The van der Waals surface area contributed by atoms with Crippen molar-refractivity contribution in [1.29, 1.82) is 0 Å². The standard InChI is InChI=1S/C21H16F3N4/c1-13-10-16(7-9-25-13)20-17-11-14(4-5-18(17)27-28-20)2-3-15-6-8-26-19(12-15)21(22,23)24/h3-12H,2H2,1H3,(H,27,28). The summed E-state index contributed by atoms with van der Waals surface area (Å²) in [6, 6.07) is 12.4. The van der Waals surface area contributed by atoms with Crippen LogP contribution in [-0.4, -0.2) is 20.2 Å². The van der Waals surface area contributed by atoms with E-state index in [1.54, 1.807) is 18.7 Å². The fourth-order valence-corrected chi connectivity index (χ4v) is 3.07. The van der Waals surface area contributed by atoms with E-state index < -0.39 is 11.9 Å². The lowest BCUT2D eigenvalue weighted by molar-refractivity contribution is -0.141. The molecule has 0 saturated heterocycles. The lowest BCUT2D eigenvalue weighted by atomic mass is 10.0. The number of aryl methyl sites for hydroxylation is 1. The van der Waals surface area contributed by atoms with Crippen LogP contribution >= 0.6 is 0 Å². The second-order valence-electron chi connectivity index (χ2n) is 6.52. The maximum absolute atomic E-state index is 12.8. The van der Waals surface area contributed by atoms with Crippen LogP contribution in [0.5, 0.6) is 0 Å². The molecule has 7 heteroatoms. The highest BCUT2D eigenvalue weighted by atomic mass is 19.4. The van der Waals surface area contributed by atoms with Gasteiger partial charge in [0.15, 0.2) is 0 Å². The quantitative estimate of drug-likeness (QED) is 0.532. The highest BCUT2D eigenvalue weighted by Gasteiger charge is 2.32. The van der Waals surface area contributed by atoms with Gasteiger partial charge in [-0.3, -0.25) is 15.1 Å². The maximum Gasteiger partial charge on any atom is 0.433 e. The number of hydrogen-bond acceptors (Lipinski definition) is 3. The molecule has 1 N–H and O–H groups in total. The zero-order chi connectivity index (χ0) is 19.7. The molecule has 0 aliphatic heterocycles. The number of nitrogens with one attached hydrogen (secondary N) is 1. The first kappa shape index (κ1) is 18.2. The van der Waals surface area contributed by atoms with Crippen molar-refractivity contribution in [2.24, 2.45) is 0 Å². The molecule has 0 unspecified atom stereocenters. The van der Waals surface area contributed by atoms with Gasteiger partial charge in [0.1, 0.15) is 11.4 Å². The zero-order valence-electron chi connectivity index (χ0n) is 15.0. The maximum atomic E-state index is 12.8. The van der Waals surface area contributed by atoms with Crippen molar-refractivity contribution in [2.45, 2.75) is 19.5 Å². The molecule has 4 aromatic rings. The Morgan fingerprint density at radius 1 is 1.00 bits per heavy atom. The van der Waals surface area contributed by atoms with Crippen molar-refractivity contribution in [1.82, 2.24) is 20.2 Å². The van der Waals surface area contributed by atoms with Crippen molar-refractivity contribution < 1.29 is 13.2 Å². The Balaban J connectivity index is 1.59. The van der Waals surface area contributed by atoms with Crippen LogP contribution in [0.25, 0.3) is 22.2 Å². The molecule has 0 fully saturated rings. The SMILES string of the molecule is Cc1cc(-c2n[nH]c3ccc(C[CH]c4ccnc(C(F)(F)F)c4)cc23)ccn1. The van der Waals surface area contributed by atoms with Crippen molar-refractivity contribution in [3.05, 3.63) is 83.8 Å². The summed E-state index contributed by atoms with van der Waals surface area (Å²) in [5.74, 6) is 0. The molecule has 4 rings (SSSR count). The largest absolute Gasteiger partial charge is 0.433 e. The Labute approximate surface area is 159 Å². The van der Waals surface area contributed by atoms with Crippen LogP contribution in [0.1, 0.15) is 22.5 Å². The molecule has 0 aliphatic rings. The molecular weight excluding hydrogens is 365 g/mol. The van der Waals surface area contributed by atoms with Crippen LogP contribution in [0.3, 0.4) is 0 Å². The van der Waals surface area contributed by atoms with Gasteiger partial charge in [0.05, 0.1) is 5.52 Å². The molecule has 4 nitrogen and oxygen atoms in total. The molecule has 0 atom stereocenters. The number of alkyl halides is 3. The zero-order valence-corrected chi connectivity index (χ0v) is 15.0. The van der Waals surface area contributed by atoms with Crippen molar-refractivity contribution in [3.63, 3.8) is 0 Å². The Morgan fingerprint density at radius 3 is 2.61 bits per heavy atom. The first-order valence-corrected chi connectivity index (χ1v) is 8.66. The van der Waals surface area contributed by atoms with Crippen LogP contribution < -0.4 is 0 Å². The second kappa shape index (κ2) is 7.07. The van der Waals surface area contributed by atoms with Gasteiger partial charge in [0, 0.05) is 29.0 Å². The predicted molar refractivity (Wildman–Crippen MR) is 100 cm³/mol. The van der Waals surface area contributed by atoms with Crippen molar-refractivity contribution in [2.75, 3.05) is 0 Å². The number of rotatable bonds is 4. The lowest BCUT2D eigenvalue weighted by Crippen LogP contribution is -2.08. The lowest BCUT2D eigenvalue weighted by Gasteiger charge is -2.08. The van der Waals surface area contributed by atoms with Gasteiger partial charge in [0.25, 0.3) is 0 Å². The van der Waals surface area contributed by atoms with E-state index >= 15 is 0 Å². The molecule has 0 amide bonds. The Bertz CT molecular complexity index is 1130. The van der Waals surface area contributed by atoms with Gasteiger partial charge in [-0.1, -0.05) is 6.07 Å². The van der Waals surface area contributed by atoms with E-state index in [9.17, 15) is 13.2 Å². The fraction of sp³-hybridized carbons (Fsp3) is 0.143. The van der Waals surface area contributed by atoms with Crippen LogP contribution in [0.15, 0.2) is 54.9 Å². The Hall–Kier alpha value is -3.22. The van der Waals surface area contributed by atoms with E-state index in [4.69, 9.17) is 0 Å². The summed E-state index contributed by atoms with van der Waals surface area (Å²) < 4.78 is 38.4. The van der Waals surface area contributed by atoms with E-state index in [1.807, 2.05) is 37.3 Å². The molecule has 0 aliphatic carbocycles. The van der Waals surface area contributed by atoms with E-state index in [0.29, 0.717) is 12.0 Å².